The highest BCUT2D eigenvalue weighted by molar-refractivity contribution is 4.74. The molecule has 1 unspecified atom stereocenters. The molecule has 1 saturated carbocycles. The van der Waals surface area contributed by atoms with E-state index < -0.39 is 0 Å². The third kappa shape index (κ3) is 5.86. The molecule has 16 heavy (non-hydrogen) atoms. The van der Waals surface area contributed by atoms with E-state index in [2.05, 4.69) is 19.2 Å². The van der Waals surface area contributed by atoms with Gasteiger partial charge in [-0.1, -0.05) is 26.2 Å². The second-order valence-corrected chi connectivity index (χ2v) is 5.48. The van der Waals surface area contributed by atoms with Crippen LogP contribution in [-0.4, -0.2) is 23.8 Å². The third-order valence-electron chi connectivity index (χ3n) is 3.81. The fraction of sp³-hybridized carbons (Fsp3) is 1.00. The van der Waals surface area contributed by atoms with E-state index in [4.69, 9.17) is 0 Å². The van der Waals surface area contributed by atoms with Crippen molar-refractivity contribution in [1.82, 2.24) is 5.32 Å². The number of aliphatic hydroxyl groups excluding tert-OH is 1. The molecule has 96 valence electrons. The Bertz CT molecular complexity index is 164. The van der Waals surface area contributed by atoms with Crippen molar-refractivity contribution < 1.29 is 5.11 Å². The monoisotopic (exact) mass is 227 g/mol. The molecule has 0 aromatic rings. The summed E-state index contributed by atoms with van der Waals surface area (Å²) in [6, 6.07) is 0.665. The van der Waals surface area contributed by atoms with E-state index in [-0.39, 0.29) is 6.10 Å². The van der Waals surface area contributed by atoms with Gasteiger partial charge in [0.05, 0.1) is 6.10 Å². The lowest BCUT2D eigenvalue weighted by atomic mass is 9.87. The van der Waals surface area contributed by atoms with Crippen LogP contribution in [0.1, 0.15) is 65.2 Å². The molecule has 0 spiro atoms. The van der Waals surface area contributed by atoms with Crippen LogP contribution in [-0.2, 0) is 0 Å². The first kappa shape index (κ1) is 14.0. The summed E-state index contributed by atoms with van der Waals surface area (Å²) < 4.78 is 0. The summed E-state index contributed by atoms with van der Waals surface area (Å²) in [6.45, 7) is 5.71. The zero-order valence-corrected chi connectivity index (χ0v) is 11.0. The molecule has 1 fully saturated rings. The van der Waals surface area contributed by atoms with Gasteiger partial charge in [-0.25, -0.2) is 0 Å². The quantitative estimate of drug-likeness (QED) is 0.655. The molecular weight excluding hydrogens is 198 g/mol. The van der Waals surface area contributed by atoms with E-state index in [9.17, 15) is 5.11 Å². The van der Waals surface area contributed by atoms with Crippen LogP contribution in [0.25, 0.3) is 0 Å². The van der Waals surface area contributed by atoms with Crippen molar-refractivity contribution in [2.75, 3.05) is 6.54 Å². The van der Waals surface area contributed by atoms with Gasteiger partial charge in [0.2, 0.25) is 0 Å². The van der Waals surface area contributed by atoms with Gasteiger partial charge in [0.25, 0.3) is 0 Å². The number of unbranched alkanes of at least 4 members (excludes halogenated alkanes) is 2. The van der Waals surface area contributed by atoms with E-state index >= 15 is 0 Å². The topological polar surface area (TPSA) is 32.3 Å². The highest BCUT2D eigenvalue weighted by Crippen LogP contribution is 2.23. The molecule has 0 heterocycles. The maximum atomic E-state index is 9.43. The van der Waals surface area contributed by atoms with Crippen LogP contribution >= 0.6 is 0 Å². The van der Waals surface area contributed by atoms with Crippen molar-refractivity contribution in [3.63, 3.8) is 0 Å². The predicted octanol–water partition coefficient (Wildman–Crippen LogP) is 3.10. The highest BCUT2D eigenvalue weighted by atomic mass is 16.3. The van der Waals surface area contributed by atoms with Crippen LogP contribution in [0, 0.1) is 5.92 Å². The zero-order valence-electron chi connectivity index (χ0n) is 11.0. The lowest BCUT2D eigenvalue weighted by Gasteiger charge is -2.27. The van der Waals surface area contributed by atoms with Crippen LogP contribution in [0.5, 0.6) is 0 Å². The van der Waals surface area contributed by atoms with Crippen LogP contribution in [0.2, 0.25) is 0 Å². The molecule has 0 saturated heterocycles. The van der Waals surface area contributed by atoms with Gasteiger partial charge >= 0.3 is 0 Å². The molecular formula is C14H29NO. The number of hydrogen-bond acceptors (Lipinski definition) is 2. The number of aliphatic hydroxyl groups is 1. The van der Waals surface area contributed by atoms with Crippen LogP contribution in [0.3, 0.4) is 0 Å². The highest BCUT2D eigenvalue weighted by Gasteiger charge is 2.19. The van der Waals surface area contributed by atoms with Gasteiger partial charge in [-0.15, -0.1) is 0 Å². The average molecular weight is 227 g/mol. The van der Waals surface area contributed by atoms with E-state index in [0.29, 0.717) is 6.04 Å². The molecule has 0 amide bonds. The first-order valence-corrected chi connectivity index (χ1v) is 7.13. The smallest absolute Gasteiger partial charge is 0.0540 e. The fourth-order valence-corrected chi connectivity index (χ4v) is 2.52. The van der Waals surface area contributed by atoms with Crippen molar-refractivity contribution >= 4 is 0 Å². The molecule has 1 atom stereocenters. The predicted molar refractivity (Wildman–Crippen MR) is 69.6 cm³/mol. The van der Waals surface area contributed by atoms with E-state index in [0.717, 1.165) is 25.3 Å². The summed E-state index contributed by atoms with van der Waals surface area (Å²) in [5.41, 5.74) is 0. The van der Waals surface area contributed by atoms with Crippen LogP contribution in [0.4, 0.5) is 0 Å². The average Bonchev–Trinajstić information content (AvgIpc) is 2.29. The maximum absolute atomic E-state index is 9.43. The SMILES string of the molecule is CCCCCC(C)NCC1CCC(O)CC1. The summed E-state index contributed by atoms with van der Waals surface area (Å²) in [7, 11) is 0. The number of nitrogens with one attached hydrogen (secondary N) is 1. The molecule has 2 heteroatoms. The van der Waals surface area contributed by atoms with Gasteiger partial charge in [-0.3, -0.25) is 0 Å². The summed E-state index contributed by atoms with van der Waals surface area (Å²) in [4.78, 5) is 0. The normalized spacial score (nSPS) is 27.9. The standard InChI is InChI=1S/C14H29NO/c1-3-4-5-6-12(2)15-11-13-7-9-14(16)10-8-13/h12-16H,3-11H2,1-2H3. The Kier molecular flexibility index (Phi) is 7.06. The van der Waals surface area contributed by atoms with Gasteiger partial charge in [0.15, 0.2) is 0 Å². The summed E-state index contributed by atoms with van der Waals surface area (Å²) >= 11 is 0. The first-order chi connectivity index (χ1) is 7.72. The van der Waals surface area contributed by atoms with Crippen molar-refractivity contribution in [3.8, 4) is 0 Å². The van der Waals surface area contributed by atoms with E-state index in [1.807, 2.05) is 0 Å². The van der Waals surface area contributed by atoms with Crippen LogP contribution in [0.15, 0.2) is 0 Å². The summed E-state index contributed by atoms with van der Waals surface area (Å²) in [5, 5.41) is 13.1. The minimum atomic E-state index is -0.0155. The molecule has 0 aromatic carbocycles. The van der Waals surface area contributed by atoms with Gasteiger partial charge in [-0.05, 0) is 51.5 Å². The molecule has 0 aromatic heterocycles. The van der Waals surface area contributed by atoms with E-state index in [1.54, 1.807) is 0 Å². The lowest BCUT2D eigenvalue weighted by Crippen LogP contribution is -2.33. The van der Waals surface area contributed by atoms with E-state index in [1.165, 1.54) is 38.5 Å². The number of hydrogen-bond donors (Lipinski definition) is 2. The first-order valence-electron chi connectivity index (χ1n) is 7.13. The maximum Gasteiger partial charge on any atom is 0.0540 e. The molecule has 1 aliphatic carbocycles. The van der Waals surface area contributed by atoms with Gasteiger partial charge in [-0.2, -0.15) is 0 Å². The largest absolute Gasteiger partial charge is 0.393 e. The Labute approximate surface area is 101 Å². The zero-order chi connectivity index (χ0) is 11.8. The molecule has 1 aliphatic rings. The minimum absolute atomic E-state index is 0.0155. The Hall–Kier alpha value is -0.0800. The van der Waals surface area contributed by atoms with Crippen molar-refractivity contribution in [2.45, 2.75) is 77.4 Å². The molecule has 2 nitrogen and oxygen atoms in total. The van der Waals surface area contributed by atoms with Gasteiger partial charge in [0, 0.05) is 6.04 Å². The Balaban J connectivity index is 2.00. The van der Waals surface area contributed by atoms with Crippen molar-refractivity contribution in [1.29, 1.82) is 0 Å². The Morgan fingerprint density at radius 3 is 2.50 bits per heavy atom. The second-order valence-electron chi connectivity index (χ2n) is 5.48. The molecule has 0 bridgehead atoms. The Morgan fingerprint density at radius 1 is 1.19 bits per heavy atom. The van der Waals surface area contributed by atoms with Crippen molar-refractivity contribution in [2.24, 2.45) is 5.92 Å². The fourth-order valence-electron chi connectivity index (χ4n) is 2.52. The van der Waals surface area contributed by atoms with Crippen molar-refractivity contribution in [3.05, 3.63) is 0 Å². The second kappa shape index (κ2) is 8.08. The molecule has 1 rings (SSSR count). The third-order valence-corrected chi connectivity index (χ3v) is 3.81. The minimum Gasteiger partial charge on any atom is -0.393 e. The molecule has 2 N–H and O–H groups in total. The number of rotatable bonds is 7. The Morgan fingerprint density at radius 2 is 1.88 bits per heavy atom. The molecule has 0 radical (unpaired) electrons. The molecule has 0 aliphatic heterocycles. The van der Waals surface area contributed by atoms with Gasteiger partial charge in [0.1, 0.15) is 0 Å². The summed E-state index contributed by atoms with van der Waals surface area (Å²) in [6.07, 6.45) is 9.75. The lowest BCUT2D eigenvalue weighted by molar-refractivity contribution is 0.107. The van der Waals surface area contributed by atoms with Crippen LogP contribution < -0.4 is 5.32 Å². The van der Waals surface area contributed by atoms with Gasteiger partial charge < -0.3 is 10.4 Å². The summed E-state index contributed by atoms with van der Waals surface area (Å²) in [5.74, 6) is 0.803.